The minimum absolute atomic E-state index is 0.288. The van der Waals surface area contributed by atoms with Gasteiger partial charge in [0.25, 0.3) is 0 Å². The molecule has 0 amide bonds. The van der Waals surface area contributed by atoms with Gasteiger partial charge >= 0.3 is 0 Å². The molecule has 0 unspecified atom stereocenters. The van der Waals surface area contributed by atoms with Crippen molar-refractivity contribution in [3.05, 3.63) is 22.4 Å². The van der Waals surface area contributed by atoms with Crippen LogP contribution < -0.4 is 10.1 Å². The van der Waals surface area contributed by atoms with Gasteiger partial charge in [-0.2, -0.15) is 0 Å². The Bertz CT molecular complexity index is 316. The summed E-state index contributed by atoms with van der Waals surface area (Å²) in [4.78, 5) is 0. The summed E-state index contributed by atoms with van der Waals surface area (Å²) in [5.74, 6) is 0.289. The molecule has 4 heteroatoms. The lowest BCUT2D eigenvalue weighted by atomic mass is 10.2. The molecule has 1 N–H and O–H groups in total. The Balaban J connectivity index is 2.53. The number of anilines is 1. The standard InChI is InChI=1S/C8H7BrFNO/c9-6-3-5(10)4-7-8(6)11-1-2-12-7/h3-4,11H,1-2H2. The zero-order chi connectivity index (χ0) is 8.55. The summed E-state index contributed by atoms with van der Waals surface area (Å²) in [6, 6.07) is 2.80. The lowest BCUT2D eigenvalue weighted by Gasteiger charge is -2.19. The van der Waals surface area contributed by atoms with E-state index >= 15 is 0 Å². The number of ether oxygens (including phenoxy) is 1. The summed E-state index contributed by atoms with van der Waals surface area (Å²) in [5, 5.41) is 3.12. The van der Waals surface area contributed by atoms with Gasteiger partial charge in [-0.25, -0.2) is 4.39 Å². The molecule has 0 spiro atoms. The molecule has 1 aromatic rings. The smallest absolute Gasteiger partial charge is 0.146 e. The monoisotopic (exact) mass is 231 g/mol. The highest BCUT2D eigenvalue weighted by Crippen LogP contribution is 2.35. The molecule has 2 nitrogen and oxygen atoms in total. The number of fused-ring (bicyclic) bond motifs is 1. The Hall–Kier alpha value is -0.770. The molecule has 12 heavy (non-hydrogen) atoms. The molecule has 2 rings (SSSR count). The van der Waals surface area contributed by atoms with Gasteiger partial charge in [0.05, 0.1) is 5.69 Å². The topological polar surface area (TPSA) is 21.3 Å². The van der Waals surface area contributed by atoms with Crippen LogP contribution in [0.4, 0.5) is 10.1 Å². The fourth-order valence-corrected chi connectivity index (χ4v) is 1.73. The van der Waals surface area contributed by atoms with Crippen LogP contribution in [0.25, 0.3) is 0 Å². The van der Waals surface area contributed by atoms with Gasteiger partial charge in [-0.15, -0.1) is 0 Å². The molecule has 64 valence electrons. The van der Waals surface area contributed by atoms with E-state index in [1.54, 1.807) is 0 Å². The van der Waals surface area contributed by atoms with E-state index in [9.17, 15) is 4.39 Å². The molecule has 0 saturated carbocycles. The third-order valence-electron chi connectivity index (χ3n) is 1.68. The lowest BCUT2D eigenvalue weighted by molar-refractivity contribution is 0.321. The molecule has 0 fully saturated rings. The highest BCUT2D eigenvalue weighted by Gasteiger charge is 2.13. The molecule has 0 radical (unpaired) electrons. The predicted octanol–water partition coefficient (Wildman–Crippen LogP) is 2.39. The number of benzene rings is 1. The van der Waals surface area contributed by atoms with Crippen molar-refractivity contribution in [3.63, 3.8) is 0 Å². The maximum absolute atomic E-state index is 12.8. The van der Waals surface area contributed by atoms with Crippen molar-refractivity contribution >= 4 is 21.6 Å². The molecular formula is C8H7BrFNO. The fraction of sp³-hybridized carbons (Fsp3) is 0.250. The Morgan fingerprint density at radius 3 is 3.17 bits per heavy atom. The van der Waals surface area contributed by atoms with Crippen LogP contribution in [-0.4, -0.2) is 13.2 Å². The minimum Gasteiger partial charge on any atom is -0.489 e. The van der Waals surface area contributed by atoms with Crippen LogP contribution in [-0.2, 0) is 0 Å². The first kappa shape index (κ1) is 7.86. The number of hydrogen-bond acceptors (Lipinski definition) is 2. The zero-order valence-corrected chi connectivity index (χ0v) is 7.82. The van der Waals surface area contributed by atoms with Gasteiger partial charge in [0.1, 0.15) is 18.2 Å². The van der Waals surface area contributed by atoms with Crippen LogP contribution >= 0.6 is 15.9 Å². The Kier molecular flexibility index (Phi) is 1.92. The number of hydrogen-bond donors (Lipinski definition) is 1. The van der Waals surface area contributed by atoms with E-state index in [0.717, 1.165) is 12.2 Å². The Labute approximate surface area is 77.9 Å². The minimum atomic E-state index is -0.288. The molecular weight excluding hydrogens is 225 g/mol. The van der Waals surface area contributed by atoms with Gasteiger partial charge in [0.15, 0.2) is 0 Å². The summed E-state index contributed by atoms with van der Waals surface area (Å²) in [5.41, 5.74) is 0.836. The SMILES string of the molecule is Fc1cc(Br)c2c(c1)OCCN2. The van der Waals surface area contributed by atoms with Gasteiger partial charge in [-0.05, 0) is 22.0 Å². The van der Waals surface area contributed by atoms with Gasteiger partial charge in [0.2, 0.25) is 0 Å². The molecule has 0 atom stereocenters. The summed E-state index contributed by atoms with van der Waals surface area (Å²) >= 11 is 3.25. The maximum Gasteiger partial charge on any atom is 0.146 e. The van der Waals surface area contributed by atoms with Crippen LogP contribution in [0, 0.1) is 5.82 Å². The van der Waals surface area contributed by atoms with E-state index in [-0.39, 0.29) is 5.82 Å². The molecule has 0 saturated heterocycles. The van der Waals surface area contributed by atoms with Crippen LogP contribution in [0.1, 0.15) is 0 Å². The molecule has 1 aliphatic rings. The molecule has 1 aliphatic heterocycles. The zero-order valence-electron chi connectivity index (χ0n) is 6.23. The van der Waals surface area contributed by atoms with E-state index in [0.29, 0.717) is 16.8 Å². The fourth-order valence-electron chi connectivity index (χ4n) is 1.17. The number of rotatable bonds is 0. The normalized spacial score (nSPS) is 14.5. The van der Waals surface area contributed by atoms with E-state index < -0.39 is 0 Å². The van der Waals surface area contributed by atoms with Crippen molar-refractivity contribution in [1.82, 2.24) is 0 Å². The second kappa shape index (κ2) is 2.94. The Morgan fingerprint density at radius 1 is 1.50 bits per heavy atom. The van der Waals surface area contributed by atoms with Gasteiger partial charge in [-0.3, -0.25) is 0 Å². The first-order chi connectivity index (χ1) is 5.77. The first-order valence-electron chi connectivity index (χ1n) is 3.63. The molecule has 0 aliphatic carbocycles. The Morgan fingerprint density at radius 2 is 2.33 bits per heavy atom. The van der Waals surface area contributed by atoms with Gasteiger partial charge in [0, 0.05) is 17.1 Å². The number of nitrogens with one attached hydrogen (secondary N) is 1. The van der Waals surface area contributed by atoms with E-state index in [4.69, 9.17) is 4.74 Å². The summed E-state index contributed by atoms with van der Waals surface area (Å²) in [6.07, 6.45) is 0. The average molecular weight is 232 g/mol. The number of halogens is 2. The highest BCUT2D eigenvalue weighted by atomic mass is 79.9. The van der Waals surface area contributed by atoms with E-state index in [2.05, 4.69) is 21.2 Å². The van der Waals surface area contributed by atoms with Crippen molar-refractivity contribution < 1.29 is 9.13 Å². The van der Waals surface area contributed by atoms with Gasteiger partial charge < -0.3 is 10.1 Å². The average Bonchev–Trinajstić information content (AvgIpc) is 2.04. The molecule has 0 aromatic heterocycles. The second-order valence-corrected chi connectivity index (χ2v) is 3.39. The van der Waals surface area contributed by atoms with Crippen molar-refractivity contribution in [3.8, 4) is 5.75 Å². The van der Waals surface area contributed by atoms with Crippen molar-refractivity contribution in [2.45, 2.75) is 0 Å². The third-order valence-corrected chi connectivity index (χ3v) is 2.31. The summed E-state index contributed by atoms with van der Waals surface area (Å²) in [7, 11) is 0. The molecule has 1 aromatic carbocycles. The summed E-state index contributed by atoms with van der Waals surface area (Å²) in [6.45, 7) is 1.35. The van der Waals surface area contributed by atoms with Crippen molar-refractivity contribution in [2.75, 3.05) is 18.5 Å². The van der Waals surface area contributed by atoms with Gasteiger partial charge in [-0.1, -0.05) is 0 Å². The quantitative estimate of drug-likeness (QED) is 0.741. The first-order valence-corrected chi connectivity index (χ1v) is 4.42. The van der Waals surface area contributed by atoms with E-state index in [1.807, 2.05) is 0 Å². The summed E-state index contributed by atoms with van der Waals surface area (Å²) < 4.78 is 18.8. The van der Waals surface area contributed by atoms with Crippen LogP contribution in [0.5, 0.6) is 5.75 Å². The van der Waals surface area contributed by atoms with Crippen LogP contribution in [0.15, 0.2) is 16.6 Å². The van der Waals surface area contributed by atoms with Crippen LogP contribution in [0.3, 0.4) is 0 Å². The predicted molar refractivity (Wildman–Crippen MR) is 48.1 cm³/mol. The molecule has 1 heterocycles. The van der Waals surface area contributed by atoms with E-state index in [1.165, 1.54) is 12.1 Å². The molecule has 0 bridgehead atoms. The lowest BCUT2D eigenvalue weighted by Crippen LogP contribution is -2.18. The maximum atomic E-state index is 12.8. The highest BCUT2D eigenvalue weighted by molar-refractivity contribution is 9.10. The van der Waals surface area contributed by atoms with Crippen molar-refractivity contribution in [1.29, 1.82) is 0 Å². The second-order valence-electron chi connectivity index (χ2n) is 2.54. The third kappa shape index (κ3) is 1.27. The van der Waals surface area contributed by atoms with Crippen molar-refractivity contribution in [2.24, 2.45) is 0 Å². The largest absolute Gasteiger partial charge is 0.489 e. The van der Waals surface area contributed by atoms with Crippen LogP contribution in [0.2, 0.25) is 0 Å².